The van der Waals surface area contributed by atoms with E-state index in [9.17, 15) is 4.79 Å². The number of ketones is 1. The quantitative estimate of drug-likeness (QED) is 0.449. The van der Waals surface area contributed by atoms with Gasteiger partial charge in [0.05, 0.1) is 20.3 Å². The van der Waals surface area contributed by atoms with Crippen LogP contribution < -0.4 is 5.32 Å². The second-order valence-corrected chi connectivity index (χ2v) is 7.41. The summed E-state index contributed by atoms with van der Waals surface area (Å²) in [6, 6.07) is 8.73. The topological polar surface area (TPSA) is 80.7 Å². The van der Waals surface area contributed by atoms with Gasteiger partial charge < -0.3 is 5.32 Å². The second kappa shape index (κ2) is 7.19. The summed E-state index contributed by atoms with van der Waals surface area (Å²) in [5, 5.41) is 4.89. The molecule has 27 heavy (non-hydrogen) atoms. The van der Waals surface area contributed by atoms with E-state index in [2.05, 4.69) is 25.3 Å². The van der Waals surface area contributed by atoms with Crippen LogP contribution in [0.4, 0.5) is 11.6 Å². The molecule has 1 N–H and O–H groups in total. The maximum absolute atomic E-state index is 11.5. The van der Waals surface area contributed by atoms with Crippen LogP contribution in [-0.4, -0.2) is 25.7 Å². The maximum atomic E-state index is 11.5. The Balaban J connectivity index is 1.78. The largest absolute Gasteiger partial charge is 0.324 e. The summed E-state index contributed by atoms with van der Waals surface area (Å²) in [4.78, 5) is 28.6. The van der Waals surface area contributed by atoms with Crippen LogP contribution in [0.2, 0.25) is 10.0 Å². The molecule has 0 saturated carbocycles. The van der Waals surface area contributed by atoms with Gasteiger partial charge in [-0.3, -0.25) is 4.79 Å². The van der Waals surface area contributed by atoms with Crippen molar-refractivity contribution in [2.45, 2.75) is 6.92 Å². The number of rotatable bonds is 4. The first-order chi connectivity index (χ1) is 13.0. The molecular formula is C18H11Cl2N5OS. The highest BCUT2D eigenvalue weighted by atomic mass is 35.5. The predicted octanol–water partition coefficient (Wildman–Crippen LogP) is 5.40. The van der Waals surface area contributed by atoms with Gasteiger partial charge in [0.15, 0.2) is 11.6 Å². The highest BCUT2D eigenvalue weighted by molar-refractivity contribution is 7.22. The van der Waals surface area contributed by atoms with Crippen molar-refractivity contribution in [3.8, 4) is 10.6 Å². The van der Waals surface area contributed by atoms with Crippen LogP contribution in [0.25, 0.3) is 20.8 Å². The van der Waals surface area contributed by atoms with Gasteiger partial charge in [0.2, 0.25) is 0 Å². The van der Waals surface area contributed by atoms with Crippen molar-refractivity contribution in [2.75, 3.05) is 5.32 Å². The molecule has 4 rings (SSSR count). The molecule has 0 bridgehead atoms. The zero-order valence-corrected chi connectivity index (χ0v) is 16.2. The van der Waals surface area contributed by atoms with E-state index in [-0.39, 0.29) is 5.78 Å². The lowest BCUT2D eigenvalue weighted by Crippen LogP contribution is -2.01. The molecule has 9 heteroatoms. The fraction of sp³-hybridized carbons (Fsp3) is 0.0556. The number of nitrogens with zero attached hydrogens (tertiary/aromatic N) is 4. The number of carbonyl (C=O) groups is 1. The molecule has 0 radical (unpaired) electrons. The fourth-order valence-electron chi connectivity index (χ4n) is 2.49. The van der Waals surface area contributed by atoms with Crippen molar-refractivity contribution in [1.82, 2.24) is 19.9 Å². The number of anilines is 2. The van der Waals surface area contributed by atoms with E-state index >= 15 is 0 Å². The Morgan fingerprint density at radius 2 is 1.89 bits per heavy atom. The molecule has 134 valence electrons. The van der Waals surface area contributed by atoms with Gasteiger partial charge in [0, 0.05) is 24.8 Å². The Morgan fingerprint density at radius 1 is 1.11 bits per heavy atom. The lowest BCUT2D eigenvalue weighted by molar-refractivity contribution is 0.101. The molecular weight excluding hydrogens is 405 g/mol. The second-order valence-electron chi connectivity index (χ2n) is 5.59. The molecule has 3 aromatic heterocycles. The van der Waals surface area contributed by atoms with E-state index in [1.807, 2.05) is 6.07 Å². The molecule has 3 heterocycles. The van der Waals surface area contributed by atoms with Crippen molar-refractivity contribution < 1.29 is 4.79 Å². The summed E-state index contributed by atoms with van der Waals surface area (Å²) in [5.74, 6) is 0.911. The molecule has 1 aromatic carbocycles. The third kappa shape index (κ3) is 3.49. The number of hydrogen-bond donors (Lipinski definition) is 1. The van der Waals surface area contributed by atoms with Crippen LogP contribution in [0.3, 0.4) is 0 Å². The predicted molar refractivity (Wildman–Crippen MR) is 108 cm³/mol. The summed E-state index contributed by atoms with van der Waals surface area (Å²) >= 11 is 14.0. The van der Waals surface area contributed by atoms with Gasteiger partial charge >= 0.3 is 0 Å². The lowest BCUT2D eigenvalue weighted by Gasteiger charge is -2.05. The van der Waals surface area contributed by atoms with E-state index in [1.165, 1.54) is 24.6 Å². The van der Waals surface area contributed by atoms with Crippen LogP contribution in [0.1, 0.15) is 17.4 Å². The number of fused-ring (bicyclic) bond motifs is 1. The summed E-state index contributed by atoms with van der Waals surface area (Å²) in [6.45, 7) is 1.45. The van der Waals surface area contributed by atoms with Crippen molar-refractivity contribution in [3.63, 3.8) is 0 Å². The van der Waals surface area contributed by atoms with E-state index in [0.29, 0.717) is 37.9 Å². The van der Waals surface area contributed by atoms with Gasteiger partial charge in [-0.15, -0.1) is 11.3 Å². The first kappa shape index (κ1) is 17.8. The first-order valence-corrected chi connectivity index (χ1v) is 9.40. The molecule has 0 atom stereocenters. The molecule has 0 spiro atoms. The highest BCUT2D eigenvalue weighted by Crippen LogP contribution is 2.40. The smallest absolute Gasteiger partial charge is 0.178 e. The maximum Gasteiger partial charge on any atom is 0.178 e. The number of carbonyl (C=O) groups excluding carboxylic acids is 1. The minimum atomic E-state index is -0.139. The molecule has 0 aliphatic rings. The van der Waals surface area contributed by atoms with Gasteiger partial charge in [0.1, 0.15) is 22.8 Å². The van der Waals surface area contributed by atoms with Crippen LogP contribution in [-0.2, 0) is 0 Å². The van der Waals surface area contributed by atoms with Crippen LogP contribution in [0, 0.1) is 0 Å². The number of benzene rings is 1. The molecule has 0 aliphatic carbocycles. The molecule has 0 fully saturated rings. The average molecular weight is 416 g/mol. The Bertz CT molecular complexity index is 1160. The summed E-state index contributed by atoms with van der Waals surface area (Å²) < 4.78 is 0.825. The van der Waals surface area contributed by atoms with Crippen molar-refractivity contribution in [1.29, 1.82) is 0 Å². The number of pyridine rings is 1. The van der Waals surface area contributed by atoms with Crippen molar-refractivity contribution in [2.24, 2.45) is 0 Å². The summed E-state index contributed by atoms with van der Waals surface area (Å²) in [5.41, 5.74) is 1.77. The van der Waals surface area contributed by atoms with E-state index in [4.69, 9.17) is 23.2 Å². The number of Topliss-reactive ketones (excluding diaryl/α,β-unsaturated/α-hetero) is 1. The number of hydrogen-bond acceptors (Lipinski definition) is 7. The number of nitrogens with one attached hydrogen (secondary N) is 1. The Kier molecular flexibility index (Phi) is 4.73. The Labute approximate surface area is 168 Å². The minimum absolute atomic E-state index is 0.139. The van der Waals surface area contributed by atoms with Gasteiger partial charge in [0.25, 0.3) is 0 Å². The highest BCUT2D eigenvalue weighted by Gasteiger charge is 2.16. The number of thiazole rings is 1. The zero-order valence-electron chi connectivity index (χ0n) is 13.9. The summed E-state index contributed by atoms with van der Waals surface area (Å²) in [6.07, 6.45) is 2.98. The number of aromatic nitrogens is 4. The number of halogens is 2. The molecule has 6 nitrogen and oxygen atoms in total. The third-order valence-corrected chi connectivity index (χ3v) is 5.48. The van der Waals surface area contributed by atoms with Crippen LogP contribution >= 0.6 is 34.5 Å². The van der Waals surface area contributed by atoms with Crippen molar-refractivity contribution in [3.05, 3.63) is 58.6 Å². The molecule has 0 unspecified atom stereocenters. The van der Waals surface area contributed by atoms with Gasteiger partial charge in [-0.05, 0) is 18.2 Å². The van der Waals surface area contributed by atoms with E-state index < -0.39 is 0 Å². The standard InChI is InChI=1S/C18H11Cl2N5OS/c1-9(26)13-7-14(23-8-22-13)25-17-16-12(5-6-21-17)24-18(27-16)15-10(19)3-2-4-11(15)20/h2-8H,1H3,(H,21,22,23,25). The summed E-state index contributed by atoms with van der Waals surface area (Å²) in [7, 11) is 0. The SMILES string of the molecule is CC(=O)c1cc(Nc2nccc3nc(-c4c(Cl)cccc4Cl)sc23)ncn1. The Morgan fingerprint density at radius 3 is 2.63 bits per heavy atom. The average Bonchev–Trinajstić information content (AvgIpc) is 3.06. The molecule has 0 amide bonds. The van der Waals surface area contributed by atoms with Crippen LogP contribution in [0.15, 0.2) is 42.9 Å². The van der Waals surface area contributed by atoms with Crippen molar-refractivity contribution >= 4 is 62.2 Å². The lowest BCUT2D eigenvalue weighted by atomic mass is 10.2. The fourth-order valence-corrected chi connectivity index (χ4v) is 4.26. The van der Waals surface area contributed by atoms with E-state index in [1.54, 1.807) is 30.5 Å². The normalized spacial score (nSPS) is 10.9. The van der Waals surface area contributed by atoms with Gasteiger partial charge in [-0.25, -0.2) is 19.9 Å². The minimum Gasteiger partial charge on any atom is -0.324 e. The molecule has 4 aromatic rings. The van der Waals surface area contributed by atoms with Gasteiger partial charge in [-0.1, -0.05) is 29.3 Å². The van der Waals surface area contributed by atoms with Crippen LogP contribution in [0.5, 0.6) is 0 Å². The molecule has 0 aliphatic heterocycles. The molecule has 0 saturated heterocycles. The Hall–Kier alpha value is -2.61. The van der Waals surface area contributed by atoms with E-state index in [0.717, 1.165) is 10.2 Å². The zero-order chi connectivity index (χ0) is 19.0. The van der Waals surface area contributed by atoms with Gasteiger partial charge in [-0.2, -0.15) is 0 Å². The third-order valence-electron chi connectivity index (χ3n) is 3.76. The first-order valence-electron chi connectivity index (χ1n) is 7.83. The monoisotopic (exact) mass is 415 g/mol.